The number of nitrogens with zero attached hydrogens (tertiary/aromatic N) is 3. The van der Waals surface area contributed by atoms with Crippen LogP contribution >= 0.6 is 0 Å². The summed E-state index contributed by atoms with van der Waals surface area (Å²) in [6.07, 6.45) is 2.36. The Labute approximate surface area is 174 Å². The molecule has 1 fully saturated rings. The molecule has 1 aliphatic heterocycles. The van der Waals surface area contributed by atoms with Crippen molar-refractivity contribution in [3.8, 4) is 17.2 Å². The first-order chi connectivity index (χ1) is 14.5. The Bertz CT molecular complexity index is 1030. The number of rotatable bonds is 7. The van der Waals surface area contributed by atoms with Crippen LogP contribution in [0.4, 0.5) is 10.1 Å². The average Bonchev–Trinajstić information content (AvgIpc) is 3.38. The molecule has 1 unspecified atom stereocenters. The normalized spacial score (nSPS) is 16.3. The molecule has 4 rings (SSSR count). The monoisotopic (exact) mass is 409 g/mol. The van der Waals surface area contributed by atoms with Crippen molar-refractivity contribution in [1.82, 2.24) is 10.1 Å². The smallest absolute Gasteiger partial charge is 0.257 e. The molecule has 1 aliphatic rings. The summed E-state index contributed by atoms with van der Waals surface area (Å²) in [5.41, 5.74) is 1.89. The molecule has 6 nitrogen and oxygen atoms in total. The number of aromatic nitrogens is 2. The van der Waals surface area contributed by atoms with Gasteiger partial charge in [0.05, 0.1) is 6.61 Å². The molecule has 1 amide bonds. The van der Waals surface area contributed by atoms with Crippen molar-refractivity contribution >= 4 is 11.6 Å². The lowest BCUT2D eigenvalue weighted by atomic mass is 10.1. The Hall–Kier alpha value is -3.22. The fourth-order valence-corrected chi connectivity index (χ4v) is 3.43. The fraction of sp³-hybridized carbons (Fsp3) is 0.348. The number of anilines is 1. The van der Waals surface area contributed by atoms with E-state index in [9.17, 15) is 9.18 Å². The summed E-state index contributed by atoms with van der Waals surface area (Å²) < 4.78 is 25.0. The van der Waals surface area contributed by atoms with E-state index >= 15 is 0 Å². The van der Waals surface area contributed by atoms with E-state index in [-0.39, 0.29) is 24.1 Å². The van der Waals surface area contributed by atoms with Gasteiger partial charge < -0.3 is 14.2 Å². The molecule has 156 valence electrons. The van der Waals surface area contributed by atoms with Gasteiger partial charge in [0, 0.05) is 30.1 Å². The van der Waals surface area contributed by atoms with Crippen molar-refractivity contribution < 1.29 is 18.4 Å². The zero-order valence-electron chi connectivity index (χ0n) is 17.1. The van der Waals surface area contributed by atoms with Crippen molar-refractivity contribution in [2.45, 2.75) is 39.0 Å². The Kier molecular flexibility index (Phi) is 5.79. The fourth-order valence-electron chi connectivity index (χ4n) is 3.43. The highest BCUT2D eigenvalue weighted by Crippen LogP contribution is 2.32. The number of benzene rings is 2. The second kappa shape index (κ2) is 8.65. The first-order valence-electron chi connectivity index (χ1n) is 10.2. The molecule has 0 spiro atoms. The first-order valence-corrected chi connectivity index (χ1v) is 10.2. The molecule has 30 heavy (non-hydrogen) atoms. The van der Waals surface area contributed by atoms with Crippen molar-refractivity contribution in [2.75, 3.05) is 18.1 Å². The second-order valence-electron chi connectivity index (χ2n) is 7.52. The van der Waals surface area contributed by atoms with Crippen LogP contribution in [0.3, 0.4) is 0 Å². The van der Waals surface area contributed by atoms with Gasteiger partial charge in [-0.05, 0) is 55.3 Å². The predicted octanol–water partition coefficient (Wildman–Crippen LogP) is 4.88. The van der Waals surface area contributed by atoms with Gasteiger partial charge in [0.15, 0.2) is 5.82 Å². The van der Waals surface area contributed by atoms with E-state index in [0.29, 0.717) is 36.1 Å². The highest BCUT2D eigenvalue weighted by atomic mass is 19.1. The van der Waals surface area contributed by atoms with Gasteiger partial charge in [-0.3, -0.25) is 4.79 Å². The van der Waals surface area contributed by atoms with Gasteiger partial charge in [-0.25, -0.2) is 4.39 Å². The summed E-state index contributed by atoms with van der Waals surface area (Å²) in [6.45, 7) is 4.90. The number of unbranched alkanes of at least 4 members (excludes halogenated alkanes) is 1. The predicted molar refractivity (Wildman–Crippen MR) is 111 cm³/mol. The van der Waals surface area contributed by atoms with Crippen LogP contribution in [0, 0.1) is 12.7 Å². The van der Waals surface area contributed by atoms with E-state index in [2.05, 4.69) is 17.1 Å². The number of carbonyl (C=O) groups excluding carboxylic acids is 1. The van der Waals surface area contributed by atoms with Gasteiger partial charge in [0.2, 0.25) is 5.91 Å². The van der Waals surface area contributed by atoms with Gasteiger partial charge in [-0.1, -0.05) is 24.6 Å². The van der Waals surface area contributed by atoms with Crippen molar-refractivity contribution in [3.63, 3.8) is 0 Å². The molecule has 1 saturated heterocycles. The van der Waals surface area contributed by atoms with Gasteiger partial charge in [0.1, 0.15) is 11.6 Å². The van der Waals surface area contributed by atoms with Crippen LogP contribution in [0.5, 0.6) is 5.75 Å². The van der Waals surface area contributed by atoms with Crippen LogP contribution in [0.1, 0.15) is 43.5 Å². The number of ether oxygens (including phenoxy) is 1. The molecule has 2 heterocycles. The Morgan fingerprint density at radius 3 is 2.77 bits per heavy atom. The van der Waals surface area contributed by atoms with Crippen LogP contribution in [-0.4, -0.2) is 29.2 Å². The largest absolute Gasteiger partial charge is 0.494 e. The molecule has 7 heteroatoms. The molecular formula is C23H24FN3O3. The first kappa shape index (κ1) is 20.1. The van der Waals surface area contributed by atoms with Crippen LogP contribution in [0.25, 0.3) is 11.5 Å². The molecule has 1 aromatic heterocycles. The lowest BCUT2D eigenvalue weighted by molar-refractivity contribution is -0.117. The molecule has 2 aromatic carbocycles. The number of hydrogen-bond acceptors (Lipinski definition) is 5. The highest BCUT2D eigenvalue weighted by Gasteiger charge is 2.34. The molecule has 0 N–H and O–H groups in total. The summed E-state index contributed by atoms with van der Waals surface area (Å²) >= 11 is 0. The van der Waals surface area contributed by atoms with Crippen LogP contribution in [0.15, 0.2) is 47.0 Å². The Morgan fingerprint density at radius 2 is 2.03 bits per heavy atom. The van der Waals surface area contributed by atoms with Crippen molar-refractivity contribution in [3.05, 3.63) is 59.7 Å². The van der Waals surface area contributed by atoms with E-state index in [1.807, 2.05) is 24.3 Å². The summed E-state index contributed by atoms with van der Waals surface area (Å²) in [7, 11) is 0. The standard InChI is InChI=1S/C23H24FN3O3/c1-3-4-11-29-19-9-6-16(7-10-19)23-25-22(26-30-23)17-12-21(28)27(14-17)18-8-5-15(2)20(24)13-18/h5-10,13,17H,3-4,11-12,14H2,1-2H3. The maximum Gasteiger partial charge on any atom is 0.257 e. The molecular weight excluding hydrogens is 385 g/mol. The Morgan fingerprint density at radius 1 is 1.23 bits per heavy atom. The molecule has 3 aromatic rings. The number of hydrogen-bond donors (Lipinski definition) is 0. The van der Waals surface area contributed by atoms with Crippen molar-refractivity contribution in [2.24, 2.45) is 0 Å². The number of halogens is 1. The topological polar surface area (TPSA) is 68.5 Å². The summed E-state index contributed by atoms with van der Waals surface area (Å²) in [6, 6.07) is 12.3. The van der Waals surface area contributed by atoms with Gasteiger partial charge in [-0.15, -0.1) is 0 Å². The highest BCUT2D eigenvalue weighted by molar-refractivity contribution is 5.96. The van der Waals surface area contributed by atoms with Crippen LogP contribution < -0.4 is 9.64 Å². The number of aryl methyl sites for hydroxylation is 1. The van der Waals surface area contributed by atoms with Crippen molar-refractivity contribution in [1.29, 1.82) is 0 Å². The minimum Gasteiger partial charge on any atom is -0.494 e. The quantitative estimate of drug-likeness (QED) is 0.520. The summed E-state index contributed by atoms with van der Waals surface area (Å²) in [5.74, 6) is 1.08. The Balaban J connectivity index is 1.45. The third-order valence-electron chi connectivity index (χ3n) is 5.27. The molecule has 0 saturated carbocycles. The SMILES string of the molecule is CCCCOc1ccc(-c2nc(C3CC(=O)N(c4ccc(C)c(F)c4)C3)no2)cc1. The minimum absolute atomic E-state index is 0.0804. The van der Waals surface area contributed by atoms with E-state index < -0.39 is 0 Å². The lowest BCUT2D eigenvalue weighted by Crippen LogP contribution is -2.24. The van der Waals surface area contributed by atoms with Gasteiger partial charge >= 0.3 is 0 Å². The zero-order chi connectivity index (χ0) is 21.1. The van der Waals surface area contributed by atoms with E-state index in [1.165, 1.54) is 6.07 Å². The van der Waals surface area contributed by atoms with Crippen LogP contribution in [-0.2, 0) is 4.79 Å². The van der Waals surface area contributed by atoms with Crippen LogP contribution in [0.2, 0.25) is 0 Å². The number of carbonyl (C=O) groups is 1. The van der Waals surface area contributed by atoms with Gasteiger partial charge in [-0.2, -0.15) is 4.98 Å². The maximum atomic E-state index is 13.9. The average molecular weight is 409 g/mol. The maximum absolute atomic E-state index is 13.9. The lowest BCUT2D eigenvalue weighted by Gasteiger charge is -2.16. The van der Waals surface area contributed by atoms with E-state index in [0.717, 1.165) is 24.2 Å². The van der Waals surface area contributed by atoms with E-state index in [4.69, 9.17) is 9.26 Å². The minimum atomic E-state index is -0.326. The summed E-state index contributed by atoms with van der Waals surface area (Å²) in [4.78, 5) is 18.5. The third kappa shape index (κ3) is 4.20. The molecule has 0 radical (unpaired) electrons. The molecule has 1 atom stereocenters. The van der Waals surface area contributed by atoms with Gasteiger partial charge in [0.25, 0.3) is 5.89 Å². The molecule has 0 bridgehead atoms. The zero-order valence-corrected chi connectivity index (χ0v) is 17.1. The third-order valence-corrected chi connectivity index (χ3v) is 5.27. The summed E-state index contributed by atoms with van der Waals surface area (Å²) in [5, 5.41) is 4.08. The number of amides is 1. The second-order valence-corrected chi connectivity index (χ2v) is 7.52. The molecule has 0 aliphatic carbocycles. The van der Waals surface area contributed by atoms with E-state index in [1.54, 1.807) is 24.0 Å².